The number of aryl methyl sites for hydroxylation is 1. The van der Waals surface area contributed by atoms with Crippen molar-refractivity contribution in [1.82, 2.24) is 4.90 Å². The Morgan fingerprint density at radius 1 is 1.14 bits per heavy atom. The van der Waals surface area contributed by atoms with Gasteiger partial charge < -0.3 is 4.90 Å². The Labute approximate surface area is 172 Å². The number of carbonyl (C=O) groups excluding carboxylic acids is 3. The summed E-state index contributed by atoms with van der Waals surface area (Å²) in [7, 11) is 0. The van der Waals surface area contributed by atoms with Crippen molar-refractivity contribution < 1.29 is 14.4 Å². The quantitative estimate of drug-likeness (QED) is 0.677. The van der Waals surface area contributed by atoms with Gasteiger partial charge in [-0.05, 0) is 60.2 Å². The van der Waals surface area contributed by atoms with Crippen LogP contribution in [0.15, 0.2) is 46.7 Å². The molecule has 0 aliphatic carbocycles. The SMILES string of the molecule is O=C1S/C(=C/c2cccs2)C(=O)N1CCCC(=O)N1CCCc2ccccc21. The number of fused-ring (bicyclic) bond motifs is 1. The van der Waals surface area contributed by atoms with Crippen LogP contribution in [0.1, 0.15) is 29.7 Å². The first-order valence-corrected chi connectivity index (χ1v) is 11.0. The Balaban J connectivity index is 1.35. The van der Waals surface area contributed by atoms with Gasteiger partial charge in [0.15, 0.2) is 0 Å². The second-order valence-electron chi connectivity index (χ2n) is 6.73. The minimum atomic E-state index is -0.265. The average Bonchev–Trinajstić information content (AvgIpc) is 3.31. The second kappa shape index (κ2) is 8.32. The van der Waals surface area contributed by atoms with Gasteiger partial charge in [-0.15, -0.1) is 11.3 Å². The van der Waals surface area contributed by atoms with Crippen LogP contribution in [0.4, 0.5) is 10.5 Å². The number of nitrogens with zero attached hydrogens (tertiary/aromatic N) is 2. The van der Waals surface area contributed by atoms with Crippen molar-refractivity contribution in [2.75, 3.05) is 18.0 Å². The van der Waals surface area contributed by atoms with Crippen LogP contribution >= 0.6 is 23.1 Å². The molecule has 2 aliphatic heterocycles. The highest BCUT2D eigenvalue weighted by molar-refractivity contribution is 8.18. The maximum atomic E-state index is 12.7. The maximum Gasteiger partial charge on any atom is 0.293 e. The van der Waals surface area contributed by atoms with Gasteiger partial charge in [0.05, 0.1) is 4.91 Å². The first-order valence-electron chi connectivity index (χ1n) is 9.30. The third-order valence-corrected chi connectivity index (χ3v) is 6.60. The van der Waals surface area contributed by atoms with E-state index in [9.17, 15) is 14.4 Å². The summed E-state index contributed by atoms with van der Waals surface area (Å²) in [4.78, 5) is 41.9. The smallest absolute Gasteiger partial charge is 0.293 e. The molecule has 0 N–H and O–H groups in total. The Bertz CT molecular complexity index is 937. The van der Waals surface area contributed by atoms with Gasteiger partial charge in [-0.3, -0.25) is 19.3 Å². The number of benzene rings is 1. The molecule has 0 saturated carbocycles. The first kappa shape index (κ1) is 19.0. The van der Waals surface area contributed by atoms with E-state index >= 15 is 0 Å². The van der Waals surface area contributed by atoms with Crippen LogP contribution in [0.25, 0.3) is 6.08 Å². The maximum absolute atomic E-state index is 12.7. The molecule has 3 heterocycles. The number of hydrogen-bond donors (Lipinski definition) is 0. The van der Waals surface area contributed by atoms with Crippen molar-refractivity contribution >= 4 is 51.9 Å². The monoisotopic (exact) mass is 412 g/mol. The van der Waals surface area contributed by atoms with Crippen molar-refractivity contribution in [1.29, 1.82) is 0 Å². The van der Waals surface area contributed by atoms with Crippen LogP contribution in [-0.4, -0.2) is 35.0 Å². The van der Waals surface area contributed by atoms with Gasteiger partial charge in [-0.25, -0.2) is 0 Å². The fourth-order valence-electron chi connectivity index (χ4n) is 3.51. The zero-order chi connectivity index (χ0) is 19.5. The Morgan fingerprint density at radius 2 is 2.00 bits per heavy atom. The average molecular weight is 413 g/mol. The predicted octanol–water partition coefficient (Wildman–Crippen LogP) is 4.54. The summed E-state index contributed by atoms with van der Waals surface area (Å²) in [5.41, 5.74) is 2.19. The highest BCUT2D eigenvalue weighted by Gasteiger charge is 2.35. The van der Waals surface area contributed by atoms with E-state index in [1.807, 2.05) is 40.6 Å². The van der Waals surface area contributed by atoms with Gasteiger partial charge in [-0.2, -0.15) is 0 Å². The lowest BCUT2D eigenvalue weighted by Crippen LogP contribution is -2.36. The van der Waals surface area contributed by atoms with E-state index in [1.165, 1.54) is 21.8 Å². The van der Waals surface area contributed by atoms with E-state index in [2.05, 4.69) is 6.07 Å². The molecule has 3 amide bonds. The molecule has 1 saturated heterocycles. The standard InChI is InChI=1S/C21H20N2O3S2/c24-19(22-11-3-7-15-6-1-2-9-17(15)22)10-4-12-23-20(25)18(28-21(23)26)14-16-8-5-13-27-16/h1-2,5-6,8-9,13-14H,3-4,7,10-12H2/b18-14+. The van der Waals surface area contributed by atoms with Crippen molar-refractivity contribution in [2.24, 2.45) is 0 Å². The Hall–Kier alpha value is -2.38. The Morgan fingerprint density at radius 3 is 2.82 bits per heavy atom. The number of thioether (sulfide) groups is 1. The van der Waals surface area contributed by atoms with Crippen LogP contribution in [0.3, 0.4) is 0 Å². The summed E-state index contributed by atoms with van der Waals surface area (Å²) in [5.74, 6) is -0.215. The number of thiophene rings is 1. The molecular weight excluding hydrogens is 392 g/mol. The molecular formula is C21H20N2O3S2. The van der Waals surface area contributed by atoms with E-state index < -0.39 is 0 Å². The summed E-state index contributed by atoms with van der Waals surface area (Å²) < 4.78 is 0. The van der Waals surface area contributed by atoms with E-state index in [0.29, 0.717) is 17.7 Å². The number of para-hydroxylation sites is 1. The number of carbonyl (C=O) groups is 3. The molecule has 28 heavy (non-hydrogen) atoms. The van der Waals surface area contributed by atoms with Crippen LogP contribution in [0.5, 0.6) is 0 Å². The molecule has 0 unspecified atom stereocenters. The van der Waals surface area contributed by atoms with Crippen molar-refractivity contribution in [3.63, 3.8) is 0 Å². The molecule has 2 aliphatic rings. The van der Waals surface area contributed by atoms with Crippen LogP contribution < -0.4 is 4.90 Å². The summed E-state index contributed by atoms with van der Waals surface area (Å²) in [6.07, 6.45) is 4.50. The van der Waals surface area contributed by atoms with E-state index in [0.717, 1.165) is 41.7 Å². The molecule has 1 aromatic heterocycles. The molecule has 144 valence electrons. The third kappa shape index (κ3) is 3.91. The second-order valence-corrected chi connectivity index (χ2v) is 8.70. The van der Waals surface area contributed by atoms with Crippen LogP contribution in [0, 0.1) is 0 Å². The lowest BCUT2D eigenvalue weighted by atomic mass is 10.0. The molecule has 5 nitrogen and oxygen atoms in total. The number of rotatable bonds is 5. The van der Waals surface area contributed by atoms with Crippen molar-refractivity contribution in [2.45, 2.75) is 25.7 Å². The van der Waals surface area contributed by atoms with Gasteiger partial charge >= 0.3 is 0 Å². The van der Waals surface area contributed by atoms with Crippen molar-refractivity contribution in [3.05, 3.63) is 57.1 Å². The normalized spacial score (nSPS) is 18.1. The highest BCUT2D eigenvalue weighted by Crippen LogP contribution is 2.33. The molecule has 0 bridgehead atoms. The molecule has 1 fully saturated rings. The van der Waals surface area contributed by atoms with Gasteiger partial charge in [0.2, 0.25) is 5.91 Å². The molecule has 0 spiro atoms. The fraction of sp³-hybridized carbons (Fsp3) is 0.286. The molecule has 7 heteroatoms. The first-order chi connectivity index (χ1) is 13.6. The zero-order valence-electron chi connectivity index (χ0n) is 15.3. The van der Waals surface area contributed by atoms with Gasteiger partial charge in [0.1, 0.15) is 0 Å². The minimum Gasteiger partial charge on any atom is -0.312 e. The number of anilines is 1. The van der Waals surface area contributed by atoms with E-state index in [1.54, 1.807) is 6.08 Å². The zero-order valence-corrected chi connectivity index (χ0v) is 16.9. The van der Waals surface area contributed by atoms with Crippen molar-refractivity contribution in [3.8, 4) is 0 Å². The molecule has 4 rings (SSSR count). The molecule has 0 radical (unpaired) electrons. The van der Waals surface area contributed by atoms with Gasteiger partial charge in [0.25, 0.3) is 11.1 Å². The van der Waals surface area contributed by atoms with E-state index in [4.69, 9.17) is 0 Å². The number of hydrogen-bond acceptors (Lipinski definition) is 5. The van der Waals surface area contributed by atoms with Crippen LogP contribution in [-0.2, 0) is 16.0 Å². The summed E-state index contributed by atoms with van der Waals surface area (Å²) >= 11 is 2.49. The lowest BCUT2D eigenvalue weighted by Gasteiger charge is -2.29. The van der Waals surface area contributed by atoms with Gasteiger partial charge in [0, 0.05) is 30.1 Å². The summed E-state index contributed by atoms with van der Waals surface area (Å²) in [6, 6.07) is 11.8. The predicted molar refractivity (Wildman–Crippen MR) is 113 cm³/mol. The highest BCUT2D eigenvalue weighted by atomic mass is 32.2. The lowest BCUT2D eigenvalue weighted by molar-refractivity contribution is -0.123. The van der Waals surface area contributed by atoms with E-state index in [-0.39, 0.29) is 23.6 Å². The third-order valence-electron chi connectivity index (χ3n) is 4.87. The van der Waals surface area contributed by atoms with Crippen LogP contribution in [0.2, 0.25) is 0 Å². The summed E-state index contributed by atoms with van der Waals surface area (Å²) in [6.45, 7) is 0.995. The molecule has 2 aromatic rings. The molecule has 1 aromatic carbocycles. The number of amides is 3. The fourth-order valence-corrected chi connectivity index (χ4v) is 5.10. The Kier molecular flexibility index (Phi) is 5.64. The topological polar surface area (TPSA) is 57.7 Å². The number of imide groups is 1. The largest absolute Gasteiger partial charge is 0.312 e. The van der Waals surface area contributed by atoms with Gasteiger partial charge in [-0.1, -0.05) is 24.3 Å². The minimum absolute atomic E-state index is 0.0493. The summed E-state index contributed by atoms with van der Waals surface area (Å²) in [5, 5.41) is 1.67. The molecule has 0 atom stereocenters.